The van der Waals surface area contributed by atoms with Crippen LogP contribution in [-0.4, -0.2) is 27.3 Å². The normalized spacial score (nSPS) is 14.1. The standard InChI is InChI=1S/C15H11ClN2O3/c16-15(5-7-19,14(20)21)9-3-4-12-11(8-9)10-2-1-6-17-13(10)18-12/h1-4,6-8H,5H2,(H,17,18)(H,20,21). The lowest BCUT2D eigenvalue weighted by Gasteiger charge is -2.20. The minimum absolute atomic E-state index is 0.296. The van der Waals surface area contributed by atoms with Crippen LogP contribution < -0.4 is 0 Å². The van der Waals surface area contributed by atoms with E-state index in [4.69, 9.17) is 11.6 Å². The third-order valence-corrected chi connectivity index (χ3v) is 4.07. The lowest BCUT2D eigenvalue weighted by Crippen LogP contribution is -2.30. The summed E-state index contributed by atoms with van der Waals surface area (Å²) in [5.74, 6) is -1.24. The number of hydrogen-bond donors (Lipinski definition) is 2. The van der Waals surface area contributed by atoms with Crippen molar-refractivity contribution >= 4 is 45.8 Å². The molecule has 2 aromatic heterocycles. The number of H-pyrrole nitrogens is 1. The van der Waals surface area contributed by atoms with Gasteiger partial charge in [0.2, 0.25) is 0 Å². The highest BCUT2D eigenvalue weighted by Gasteiger charge is 2.38. The Hall–Kier alpha value is -2.40. The Labute approximate surface area is 124 Å². The van der Waals surface area contributed by atoms with Gasteiger partial charge in [-0.15, -0.1) is 11.6 Å². The molecule has 0 radical (unpaired) electrons. The summed E-state index contributed by atoms with van der Waals surface area (Å²) in [5.41, 5.74) is 1.93. The Bertz CT molecular complexity index is 858. The topological polar surface area (TPSA) is 83.0 Å². The molecule has 1 aromatic carbocycles. The molecule has 0 fully saturated rings. The number of alkyl halides is 1. The summed E-state index contributed by atoms with van der Waals surface area (Å²) in [6.07, 6.45) is 1.90. The van der Waals surface area contributed by atoms with Crippen molar-refractivity contribution in [1.29, 1.82) is 0 Å². The number of aldehydes is 1. The van der Waals surface area contributed by atoms with Crippen molar-refractivity contribution in [2.45, 2.75) is 11.3 Å². The highest BCUT2D eigenvalue weighted by Crippen LogP contribution is 2.35. The fourth-order valence-electron chi connectivity index (χ4n) is 2.42. The summed E-state index contributed by atoms with van der Waals surface area (Å²) in [6, 6.07) is 8.75. The molecule has 3 aromatic rings. The summed E-state index contributed by atoms with van der Waals surface area (Å²) in [6.45, 7) is 0. The molecule has 0 saturated carbocycles. The van der Waals surface area contributed by atoms with E-state index in [2.05, 4.69) is 9.97 Å². The fraction of sp³-hybridized carbons (Fsp3) is 0.133. The van der Waals surface area contributed by atoms with E-state index < -0.39 is 10.8 Å². The molecule has 2 heterocycles. The summed E-state index contributed by atoms with van der Waals surface area (Å²) in [4.78, 5) is 27.8. The first kappa shape index (κ1) is 13.6. The molecule has 0 bridgehead atoms. The zero-order valence-electron chi connectivity index (χ0n) is 10.8. The van der Waals surface area contributed by atoms with Gasteiger partial charge in [-0.1, -0.05) is 6.07 Å². The predicted molar refractivity (Wildman–Crippen MR) is 79.4 cm³/mol. The first-order valence-electron chi connectivity index (χ1n) is 6.29. The van der Waals surface area contributed by atoms with Gasteiger partial charge in [-0.05, 0) is 29.8 Å². The molecule has 2 N–H and O–H groups in total. The number of pyridine rings is 1. The molecule has 3 rings (SSSR count). The number of rotatable bonds is 4. The van der Waals surface area contributed by atoms with Gasteiger partial charge in [-0.3, -0.25) is 0 Å². The first-order valence-corrected chi connectivity index (χ1v) is 6.67. The number of halogens is 1. The summed E-state index contributed by atoms with van der Waals surface area (Å²) >= 11 is 6.16. The van der Waals surface area contributed by atoms with E-state index >= 15 is 0 Å². The molecule has 1 unspecified atom stereocenters. The van der Waals surface area contributed by atoms with Gasteiger partial charge in [-0.25, -0.2) is 9.78 Å². The van der Waals surface area contributed by atoms with Crippen LogP contribution >= 0.6 is 11.6 Å². The summed E-state index contributed by atoms with van der Waals surface area (Å²) in [7, 11) is 0. The molecule has 5 nitrogen and oxygen atoms in total. The fourth-order valence-corrected chi connectivity index (χ4v) is 2.60. The van der Waals surface area contributed by atoms with E-state index in [1.54, 1.807) is 30.5 Å². The van der Waals surface area contributed by atoms with E-state index in [0.717, 1.165) is 21.9 Å². The van der Waals surface area contributed by atoms with Crippen molar-refractivity contribution < 1.29 is 14.7 Å². The molecular weight excluding hydrogens is 292 g/mol. The van der Waals surface area contributed by atoms with Crippen LogP contribution in [0, 0.1) is 0 Å². The van der Waals surface area contributed by atoms with Gasteiger partial charge in [0.05, 0.1) is 0 Å². The maximum atomic E-state index is 11.4. The molecule has 0 aliphatic carbocycles. The number of aliphatic carboxylic acids is 1. The van der Waals surface area contributed by atoms with Crippen LogP contribution in [0.25, 0.3) is 21.9 Å². The van der Waals surface area contributed by atoms with Crippen LogP contribution in [0.1, 0.15) is 12.0 Å². The number of hydrogen-bond acceptors (Lipinski definition) is 3. The number of carbonyl (C=O) groups is 2. The van der Waals surface area contributed by atoms with Crippen molar-refractivity contribution in [2.75, 3.05) is 0 Å². The molecule has 0 aliphatic heterocycles. The average Bonchev–Trinajstić information content (AvgIpc) is 2.85. The largest absolute Gasteiger partial charge is 0.480 e. The van der Waals surface area contributed by atoms with Gasteiger partial charge < -0.3 is 14.9 Å². The SMILES string of the molecule is O=CCC(Cl)(C(=O)O)c1ccc2[nH]c3ncccc3c2c1. The van der Waals surface area contributed by atoms with Crippen LogP contribution in [0.2, 0.25) is 0 Å². The maximum Gasteiger partial charge on any atom is 0.329 e. The van der Waals surface area contributed by atoms with Crippen LogP contribution in [0.3, 0.4) is 0 Å². The monoisotopic (exact) mass is 302 g/mol. The number of fused-ring (bicyclic) bond motifs is 3. The second-order valence-electron chi connectivity index (χ2n) is 4.76. The number of carboxylic acid groups (broad SMARTS) is 1. The van der Waals surface area contributed by atoms with Gasteiger partial charge in [0.25, 0.3) is 0 Å². The number of carboxylic acids is 1. The Morgan fingerprint density at radius 3 is 2.90 bits per heavy atom. The third kappa shape index (κ3) is 2.06. The van der Waals surface area contributed by atoms with E-state index in [0.29, 0.717) is 11.8 Å². The van der Waals surface area contributed by atoms with Gasteiger partial charge in [-0.2, -0.15) is 0 Å². The molecule has 6 heteroatoms. The zero-order chi connectivity index (χ0) is 15.0. The molecule has 0 spiro atoms. The van der Waals surface area contributed by atoms with Crippen molar-refractivity contribution in [2.24, 2.45) is 0 Å². The summed E-state index contributed by atoms with van der Waals surface area (Å²) < 4.78 is 0. The Balaban J connectivity index is 2.26. The molecule has 1 atom stereocenters. The Morgan fingerprint density at radius 2 is 2.19 bits per heavy atom. The number of nitrogens with one attached hydrogen (secondary N) is 1. The van der Waals surface area contributed by atoms with E-state index in [-0.39, 0.29) is 6.42 Å². The number of aromatic nitrogens is 2. The van der Waals surface area contributed by atoms with E-state index in [9.17, 15) is 14.7 Å². The molecule has 0 saturated heterocycles. The molecule has 21 heavy (non-hydrogen) atoms. The number of nitrogens with zero attached hydrogens (tertiary/aromatic N) is 1. The summed E-state index contributed by atoms with van der Waals surface area (Å²) in [5, 5.41) is 11.0. The van der Waals surface area contributed by atoms with Crippen LogP contribution in [0.15, 0.2) is 36.5 Å². The average molecular weight is 303 g/mol. The minimum Gasteiger partial charge on any atom is -0.480 e. The second-order valence-corrected chi connectivity index (χ2v) is 5.41. The third-order valence-electron chi connectivity index (χ3n) is 3.53. The zero-order valence-corrected chi connectivity index (χ0v) is 11.6. The molecule has 106 valence electrons. The smallest absolute Gasteiger partial charge is 0.329 e. The van der Waals surface area contributed by atoms with Gasteiger partial charge in [0.1, 0.15) is 11.9 Å². The molecular formula is C15H11ClN2O3. The highest BCUT2D eigenvalue weighted by molar-refractivity contribution is 6.34. The van der Waals surface area contributed by atoms with Crippen molar-refractivity contribution in [3.63, 3.8) is 0 Å². The Morgan fingerprint density at radius 1 is 1.38 bits per heavy atom. The van der Waals surface area contributed by atoms with Gasteiger partial charge >= 0.3 is 5.97 Å². The van der Waals surface area contributed by atoms with Crippen molar-refractivity contribution in [3.8, 4) is 0 Å². The lowest BCUT2D eigenvalue weighted by molar-refractivity contribution is -0.141. The van der Waals surface area contributed by atoms with Crippen LogP contribution in [0.4, 0.5) is 0 Å². The molecule has 0 aliphatic rings. The number of carbonyl (C=O) groups excluding carboxylic acids is 1. The predicted octanol–water partition coefficient (Wildman–Crippen LogP) is 2.82. The van der Waals surface area contributed by atoms with E-state index in [1.807, 2.05) is 6.07 Å². The highest BCUT2D eigenvalue weighted by atomic mass is 35.5. The van der Waals surface area contributed by atoms with Crippen LogP contribution in [-0.2, 0) is 14.5 Å². The second kappa shape index (κ2) is 4.86. The quantitative estimate of drug-likeness (QED) is 0.573. The van der Waals surface area contributed by atoms with E-state index in [1.165, 1.54) is 0 Å². The minimum atomic E-state index is -1.75. The maximum absolute atomic E-state index is 11.4. The van der Waals surface area contributed by atoms with Crippen LogP contribution in [0.5, 0.6) is 0 Å². The van der Waals surface area contributed by atoms with Crippen molar-refractivity contribution in [1.82, 2.24) is 9.97 Å². The van der Waals surface area contributed by atoms with Gasteiger partial charge in [0, 0.05) is 28.9 Å². The number of aromatic amines is 1. The lowest BCUT2D eigenvalue weighted by atomic mass is 9.94. The number of benzene rings is 1. The van der Waals surface area contributed by atoms with Gasteiger partial charge in [0.15, 0.2) is 4.87 Å². The first-order chi connectivity index (χ1) is 10.1. The van der Waals surface area contributed by atoms with Crippen molar-refractivity contribution in [3.05, 3.63) is 42.1 Å². The molecule has 0 amide bonds. The Kier molecular flexibility index (Phi) is 3.14.